The Bertz CT molecular complexity index is 3420. The van der Waals surface area contributed by atoms with E-state index in [1.807, 2.05) is 34.0 Å². The molecule has 0 aliphatic carbocycles. The monoisotopic (exact) mass is 1680 g/mol. The number of rotatable bonds is 54. The van der Waals surface area contributed by atoms with Crippen LogP contribution in [-0.4, -0.2) is 238 Å². The molecule has 1 rings (SSSR count). The number of aliphatic hydroxyl groups is 1. The summed E-state index contributed by atoms with van der Waals surface area (Å²) in [4.78, 5) is 224. The summed E-state index contributed by atoms with van der Waals surface area (Å²) in [6.45, 7) is 24.2. The molecular formula is C75H129N19O18S3. The van der Waals surface area contributed by atoms with Crippen molar-refractivity contribution in [3.05, 3.63) is 35.9 Å². The number of thioether (sulfide) groups is 1. The first-order valence-corrected chi connectivity index (χ1v) is 41.3. The van der Waals surface area contributed by atoms with Gasteiger partial charge in [0.05, 0.1) is 18.7 Å². The van der Waals surface area contributed by atoms with Crippen molar-refractivity contribution >= 4 is 138 Å². The lowest BCUT2D eigenvalue weighted by Gasteiger charge is -2.31. The molecule has 37 nitrogen and oxygen atoms in total. The highest BCUT2D eigenvalue weighted by Crippen LogP contribution is 2.17. The lowest BCUT2D eigenvalue weighted by Crippen LogP contribution is -2.63. The van der Waals surface area contributed by atoms with E-state index >= 15 is 0 Å². The standard InChI is InChI=1S/C75H129N19O18S3/c1-36(2)29-48(85-61(98)45(76)26-28-115-16)66(103)86-49(30-37(3)4)65(102)83-46(23-20-27-80-75(78)79)64(101)90-56(39(7)8)69(106)88-51(32-44-21-18-17-19-22-44)67(104)87-50(31-38(5)6)68(105)91-57(40(9)10)70(107)92-58(41(11)12)71(108)93-59(42(13)14)72(109)94-60(43(15)95)73(110)84-47(24-25-54(77)96)63(100)89-52(34-113)62(99)81-33-55(97)82-53(35-114)74(111)112/h17-19,21-22,36-43,45-53,56-60,95,113-114H,20,23-35,76H2,1-16H3,(H2,77,96)(H,81,99)(H,82,97)(H,83,102)(H,84,110)(H,85,98)(H,86,103)(H,87,104)(H,88,106)(H,89,100)(H,90,101)(H,91,105)(H,92,107)(H,93,108)(H,94,109)(H,111,112)(H4,78,79,80)/t43-,45+,46+,47+,48+,49+,50+,51+,52+,53+,56+,57+,58+,59+,60+/m1/s1. The third-order valence-corrected chi connectivity index (χ3v) is 19.3. The van der Waals surface area contributed by atoms with Crippen LogP contribution >= 0.6 is 37.0 Å². The van der Waals surface area contributed by atoms with Crippen LogP contribution < -0.4 is 97.4 Å². The number of guanidine groups is 1. The van der Waals surface area contributed by atoms with E-state index in [-0.39, 0.29) is 80.3 Å². The van der Waals surface area contributed by atoms with Crippen LogP contribution in [0.5, 0.6) is 0 Å². The van der Waals surface area contributed by atoms with Crippen molar-refractivity contribution in [2.45, 2.75) is 252 Å². The molecule has 0 radical (unpaired) electrons. The van der Waals surface area contributed by atoms with Gasteiger partial charge in [-0.15, -0.1) is 0 Å². The van der Waals surface area contributed by atoms with Crippen molar-refractivity contribution in [1.82, 2.24) is 74.4 Å². The van der Waals surface area contributed by atoms with E-state index in [1.165, 1.54) is 11.8 Å². The van der Waals surface area contributed by atoms with Gasteiger partial charge >= 0.3 is 5.97 Å². The maximum Gasteiger partial charge on any atom is 0.327 e. The quantitative estimate of drug-likeness (QED) is 0.0135. The summed E-state index contributed by atoms with van der Waals surface area (Å²) < 4.78 is 0. The molecule has 0 spiro atoms. The molecule has 115 heavy (non-hydrogen) atoms. The topological polar surface area (TPSA) is 598 Å². The Kier molecular flexibility index (Phi) is 48.2. The molecule has 15 amide bonds. The number of benzene rings is 1. The smallest absolute Gasteiger partial charge is 0.327 e. The fourth-order valence-electron chi connectivity index (χ4n) is 11.5. The summed E-state index contributed by atoms with van der Waals surface area (Å²) in [5, 5.41) is 56.2. The van der Waals surface area contributed by atoms with Gasteiger partial charge in [-0.1, -0.05) is 127 Å². The van der Waals surface area contributed by atoms with Crippen LogP contribution in [0.15, 0.2) is 35.3 Å². The number of hydrogen-bond acceptors (Lipinski definition) is 22. The Hall–Kier alpha value is -9.02. The summed E-state index contributed by atoms with van der Waals surface area (Å²) in [5.74, 6) is -18.0. The van der Waals surface area contributed by atoms with Gasteiger partial charge in [-0.05, 0) is 111 Å². The highest BCUT2D eigenvalue weighted by atomic mass is 32.2. The van der Waals surface area contributed by atoms with Gasteiger partial charge in [0.2, 0.25) is 88.6 Å². The number of hydrogen-bond donors (Lipinski definition) is 22. The number of nitrogens with one attached hydrogen (secondary N) is 14. The van der Waals surface area contributed by atoms with Crippen LogP contribution in [0.25, 0.3) is 0 Å². The maximum absolute atomic E-state index is 14.9. The SMILES string of the molecule is CSCC[C@H](N)C(=O)N[C@@H](CC(C)C)C(=O)N[C@@H](CC(C)C)C(=O)N[C@@H](CCCN=C(N)N)C(=O)N[C@H](C(=O)N[C@@H](Cc1ccccc1)C(=O)N[C@@H](CC(C)C)C(=O)N[C@H](C(=O)N[C@H](C(=O)N[C@H](C(=O)N[C@H](C(=O)N[C@@H](CCC(N)=O)C(=O)N[C@@H](CS)C(=O)NCC(=O)N[C@@H](CS)C(=O)O)[C@@H](C)O)C(C)C)C(C)C)C(C)C)C(C)C. The first-order valence-electron chi connectivity index (χ1n) is 38.7. The van der Waals surface area contributed by atoms with Crippen molar-refractivity contribution in [3.63, 3.8) is 0 Å². The normalized spacial score (nSPS) is 15.3. The number of carbonyl (C=O) groups is 16. The summed E-state index contributed by atoms with van der Waals surface area (Å²) in [6, 6.07) is -10.7. The fourth-order valence-corrected chi connectivity index (χ4v) is 12.5. The highest BCUT2D eigenvalue weighted by Gasteiger charge is 2.40. The number of primary amides is 1. The molecule has 15 atom stereocenters. The Morgan fingerprint density at radius 1 is 0.417 bits per heavy atom. The van der Waals surface area contributed by atoms with Crippen molar-refractivity contribution < 1.29 is 86.9 Å². The van der Waals surface area contributed by atoms with Crippen LogP contribution in [-0.2, 0) is 83.1 Å². The predicted molar refractivity (Wildman–Crippen MR) is 442 cm³/mol. The van der Waals surface area contributed by atoms with E-state index in [4.69, 9.17) is 22.9 Å². The highest BCUT2D eigenvalue weighted by molar-refractivity contribution is 7.98. The zero-order chi connectivity index (χ0) is 87.8. The zero-order valence-corrected chi connectivity index (χ0v) is 71.6. The minimum absolute atomic E-state index is 0.00147. The molecular weight excluding hydrogens is 1550 g/mol. The van der Waals surface area contributed by atoms with Gasteiger partial charge in [-0.25, -0.2) is 4.79 Å². The minimum atomic E-state index is -1.85. The van der Waals surface area contributed by atoms with Gasteiger partial charge in [0.25, 0.3) is 0 Å². The molecule has 0 heterocycles. The van der Waals surface area contributed by atoms with Gasteiger partial charge in [0, 0.05) is 30.9 Å². The fraction of sp³-hybridized carbons (Fsp3) is 0.693. The molecule has 1 aromatic rings. The number of carbonyl (C=O) groups excluding carboxylic acids is 15. The Labute approximate surface area is 689 Å². The van der Waals surface area contributed by atoms with Gasteiger partial charge in [0.15, 0.2) is 5.96 Å². The number of nitrogens with two attached hydrogens (primary N) is 4. The molecule has 0 bridgehead atoms. The minimum Gasteiger partial charge on any atom is -0.480 e. The molecule has 0 aliphatic heterocycles. The van der Waals surface area contributed by atoms with Crippen molar-refractivity contribution in [1.29, 1.82) is 0 Å². The molecule has 0 saturated carbocycles. The van der Waals surface area contributed by atoms with Crippen molar-refractivity contribution in [2.75, 3.05) is 36.6 Å². The summed E-state index contributed by atoms with van der Waals surface area (Å²) in [6.07, 6.45) is -0.130. The molecule has 0 saturated heterocycles. The van der Waals surface area contributed by atoms with Crippen LogP contribution in [0, 0.1) is 41.4 Å². The Morgan fingerprint density at radius 3 is 1.17 bits per heavy atom. The molecule has 1 aromatic carbocycles. The van der Waals surface area contributed by atoms with E-state index in [1.54, 1.807) is 99.6 Å². The molecule has 40 heteroatoms. The largest absolute Gasteiger partial charge is 0.480 e. The third-order valence-electron chi connectivity index (χ3n) is 17.9. The van der Waals surface area contributed by atoms with Crippen molar-refractivity contribution in [2.24, 2.45) is 69.4 Å². The molecule has 24 N–H and O–H groups in total. The summed E-state index contributed by atoms with van der Waals surface area (Å²) in [7, 11) is 0. The second-order valence-corrected chi connectivity index (χ2v) is 32.8. The van der Waals surface area contributed by atoms with E-state index in [2.05, 4.69) is 105 Å². The third kappa shape index (κ3) is 39.5. The number of nitrogens with zero attached hydrogens (tertiary/aromatic N) is 1. The van der Waals surface area contributed by atoms with Crippen LogP contribution in [0.4, 0.5) is 0 Å². The maximum atomic E-state index is 14.9. The zero-order valence-electron chi connectivity index (χ0n) is 69.0. The van der Waals surface area contributed by atoms with Gasteiger partial charge in [-0.3, -0.25) is 76.9 Å². The van der Waals surface area contributed by atoms with E-state index in [0.29, 0.717) is 17.7 Å². The number of carboxylic acid groups (broad SMARTS) is 1. The lowest BCUT2D eigenvalue weighted by molar-refractivity contribution is -0.141. The van der Waals surface area contributed by atoms with E-state index < -0.39 is 228 Å². The summed E-state index contributed by atoms with van der Waals surface area (Å²) >= 11 is 9.48. The Morgan fingerprint density at radius 2 is 0.765 bits per heavy atom. The number of thiol groups is 2. The molecule has 0 fully saturated rings. The molecule has 650 valence electrons. The predicted octanol–water partition coefficient (Wildman–Crippen LogP) is -2.87. The summed E-state index contributed by atoms with van der Waals surface area (Å²) in [5.41, 5.74) is 23.3. The van der Waals surface area contributed by atoms with Crippen LogP contribution in [0.2, 0.25) is 0 Å². The molecule has 0 aromatic heterocycles. The van der Waals surface area contributed by atoms with E-state index in [0.717, 1.165) is 6.92 Å². The van der Waals surface area contributed by atoms with Crippen LogP contribution in [0.1, 0.15) is 161 Å². The van der Waals surface area contributed by atoms with E-state index in [9.17, 15) is 86.9 Å². The Balaban J connectivity index is 3.64. The number of aliphatic hydroxyl groups excluding tert-OH is 1. The average Bonchev–Trinajstić information content (AvgIpc) is 0.842. The van der Waals surface area contributed by atoms with Crippen LogP contribution in [0.3, 0.4) is 0 Å². The average molecular weight is 1680 g/mol. The lowest BCUT2D eigenvalue weighted by atomic mass is 9.96. The van der Waals surface area contributed by atoms with Gasteiger partial charge < -0.3 is 108 Å². The first kappa shape index (κ1) is 104. The number of amides is 15. The second-order valence-electron chi connectivity index (χ2n) is 31.0. The number of carboxylic acids is 1. The second kappa shape index (κ2) is 53.3. The number of aliphatic imine (C=N–C) groups is 1. The molecule has 0 unspecified atom stereocenters. The first-order chi connectivity index (χ1) is 53.7. The van der Waals surface area contributed by atoms with Crippen molar-refractivity contribution in [3.8, 4) is 0 Å². The van der Waals surface area contributed by atoms with Gasteiger partial charge in [0.1, 0.15) is 78.5 Å². The number of aliphatic carboxylic acids is 1. The molecule has 0 aliphatic rings. The van der Waals surface area contributed by atoms with Gasteiger partial charge in [-0.2, -0.15) is 37.0 Å².